The van der Waals surface area contributed by atoms with Gasteiger partial charge in [0, 0.05) is 90.8 Å². The number of aryl methyl sites for hydroxylation is 3. The van der Waals surface area contributed by atoms with Crippen molar-refractivity contribution < 1.29 is 19.4 Å². The maximum absolute atomic E-state index is 13.5. The molecule has 2 saturated heterocycles. The number of nitrogens with zero attached hydrogens (tertiary/aromatic N) is 6. The summed E-state index contributed by atoms with van der Waals surface area (Å²) in [5.41, 5.74) is 5.19. The van der Waals surface area contributed by atoms with Crippen molar-refractivity contribution in [3.05, 3.63) is 123 Å². The zero-order valence-corrected chi connectivity index (χ0v) is 41.2. The first kappa shape index (κ1) is 46.7. The van der Waals surface area contributed by atoms with E-state index in [1.54, 1.807) is 62.3 Å². The summed E-state index contributed by atoms with van der Waals surface area (Å²) in [6, 6.07) is 18.8. The molecule has 2 aliphatic heterocycles. The number of piperidine rings is 1. The molecule has 0 spiro atoms. The number of halogens is 1. The Bertz CT molecular complexity index is 2960. The summed E-state index contributed by atoms with van der Waals surface area (Å²) >= 11 is 6.27. The van der Waals surface area contributed by atoms with Crippen LogP contribution in [0.1, 0.15) is 93.5 Å². The quantitative estimate of drug-likeness (QED) is 0.108. The van der Waals surface area contributed by atoms with Crippen LogP contribution in [0, 0.1) is 47.8 Å². The molecule has 1 amide bonds. The largest absolute Gasteiger partial charge is 0.489 e. The molecule has 3 fully saturated rings. The Morgan fingerprint density at radius 3 is 2.28 bits per heavy atom. The number of aliphatic hydroxyl groups is 1. The molecule has 3 aromatic carbocycles. The summed E-state index contributed by atoms with van der Waals surface area (Å²) in [7, 11) is 1.74. The zero-order valence-electron chi connectivity index (χ0n) is 40.4. The second-order valence-corrected chi connectivity index (χ2v) is 21.4. The zero-order chi connectivity index (χ0) is 48.4. The number of fused-ring (bicyclic) bond motifs is 1. The van der Waals surface area contributed by atoms with E-state index in [0.717, 1.165) is 83.8 Å². The Kier molecular flexibility index (Phi) is 12.1. The Balaban J connectivity index is 0.773. The van der Waals surface area contributed by atoms with E-state index in [4.69, 9.17) is 26.1 Å². The first-order valence-electron chi connectivity index (χ1n) is 23.5. The number of pyridine rings is 1. The number of aromatic amines is 1. The molecule has 14 heteroatoms. The van der Waals surface area contributed by atoms with Crippen molar-refractivity contribution >= 4 is 39.9 Å². The molecule has 1 saturated carbocycles. The van der Waals surface area contributed by atoms with Crippen molar-refractivity contribution in [2.75, 3.05) is 36.0 Å². The molecule has 3 N–H and O–H groups in total. The maximum atomic E-state index is 13.5. The molecule has 13 nitrogen and oxygen atoms in total. The van der Waals surface area contributed by atoms with Gasteiger partial charge in [-0.25, -0.2) is 9.97 Å². The third kappa shape index (κ3) is 8.69. The van der Waals surface area contributed by atoms with Crippen LogP contribution in [-0.4, -0.2) is 68.9 Å². The summed E-state index contributed by atoms with van der Waals surface area (Å²) < 4.78 is 14.6. The van der Waals surface area contributed by atoms with E-state index in [1.807, 2.05) is 30.5 Å². The van der Waals surface area contributed by atoms with Crippen LogP contribution in [0.15, 0.2) is 84.2 Å². The number of hydrogen-bond acceptors (Lipinski definition) is 10. The van der Waals surface area contributed by atoms with Gasteiger partial charge < -0.3 is 39.2 Å². The molecule has 68 heavy (non-hydrogen) atoms. The van der Waals surface area contributed by atoms with Crippen molar-refractivity contribution in [2.45, 2.75) is 92.4 Å². The van der Waals surface area contributed by atoms with E-state index in [-0.39, 0.29) is 40.1 Å². The van der Waals surface area contributed by atoms with Gasteiger partial charge in [-0.05, 0) is 118 Å². The highest BCUT2D eigenvalue weighted by Gasteiger charge is 2.64. The second-order valence-electron chi connectivity index (χ2n) is 21.0. The summed E-state index contributed by atoms with van der Waals surface area (Å²) in [5, 5.41) is 24.5. The fourth-order valence-corrected chi connectivity index (χ4v) is 11.7. The van der Waals surface area contributed by atoms with E-state index in [9.17, 15) is 20.0 Å². The number of hydrogen-bond donors (Lipinski definition) is 3. The standard InChI is InChI=1S/C54H61ClN8O5/c1-31-20-38(67-44-13-11-36(54(7,8)66)23-40(44)41-30-61(9)49(65)46-39(41)14-17-57-46)21-32(2)47(31)63-28-34(29-63)22-33-15-18-62(19-16-33)45-27-58-43(26-59-45)48(64)60-50-52(3,4)51(53(50,5)6)68-37-12-10-35(25-56)42(55)24-37/h10-14,17,20-21,23-24,26-27,30,33-34,50-51,57,66H,15-16,18-19,22,28-29H2,1-9H3,(H,60,64). The predicted octanol–water partition coefficient (Wildman–Crippen LogP) is 9.84. The molecule has 1 aliphatic carbocycles. The number of benzene rings is 3. The van der Waals surface area contributed by atoms with E-state index < -0.39 is 5.60 Å². The van der Waals surface area contributed by atoms with Gasteiger partial charge >= 0.3 is 0 Å². The van der Waals surface area contributed by atoms with Gasteiger partial charge in [-0.15, -0.1) is 0 Å². The average molecular weight is 938 g/mol. The smallest absolute Gasteiger partial charge is 0.274 e. The lowest BCUT2D eigenvalue weighted by Gasteiger charge is -2.63. The van der Waals surface area contributed by atoms with Gasteiger partial charge in [-0.2, -0.15) is 5.26 Å². The fraction of sp³-hybridized carbons (Fsp3) is 0.426. The highest BCUT2D eigenvalue weighted by Crippen LogP contribution is 2.56. The number of carbonyl (C=O) groups is 1. The van der Waals surface area contributed by atoms with Gasteiger partial charge in [0.05, 0.1) is 28.6 Å². The van der Waals surface area contributed by atoms with Crippen LogP contribution < -0.4 is 30.1 Å². The molecular formula is C54H61ClN8O5. The average Bonchev–Trinajstić information content (AvgIpc) is 3.78. The van der Waals surface area contributed by atoms with Crippen LogP contribution in [0.3, 0.4) is 0 Å². The first-order valence-corrected chi connectivity index (χ1v) is 23.9. The molecule has 0 atom stereocenters. The Hall–Kier alpha value is -6.36. The number of ether oxygens (including phenoxy) is 2. The number of aromatic nitrogens is 4. The molecule has 9 rings (SSSR count). The number of nitriles is 1. The highest BCUT2D eigenvalue weighted by molar-refractivity contribution is 6.31. The SMILES string of the molecule is Cc1cc(Oc2ccc(C(C)(C)O)cc2-c2cn(C)c(=O)c3[nH]ccc23)cc(C)c1N1CC(CC2CCN(c3cnc(C(=O)NC4C(C)(C)C(Oc5ccc(C#N)c(Cl)c5)C4(C)C)cn3)CC2)C1. The van der Waals surface area contributed by atoms with Crippen molar-refractivity contribution in [1.29, 1.82) is 5.26 Å². The lowest BCUT2D eigenvalue weighted by atomic mass is 9.49. The van der Waals surface area contributed by atoms with Crippen LogP contribution in [0.25, 0.3) is 22.0 Å². The molecule has 3 aromatic heterocycles. The second kappa shape index (κ2) is 17.6. The fourth-order valence-electron chi connectivity index (χ4n) is 11.5. The van der Waals surface area contributed by atoms with Gasteiger partial charge in [-0.3, -0.25) is 9.59 Å². The summed E-state index contributed by atoms with van der Waals surface area (Å²) in [6.45, 7) is 20.0. The minimum Gasteiger partial charge on any atom is -0.489 e. The minimum atomic E-state index is -1.07. The Morgan fingerprint density at radius 2 is 1.65 bits per heavy atom. The van der Waals surface area contributed by atoms with Crippen molar-refractivity contribution in [3.63, 3.8) is 0 Å². The summed E-state index contributed by atoms with van der Waals surface area (Å²) in [4.78, 5) is 43.5. The number of amides is 1. The Morgan fingerprint density at radius 1 is 0.941 bits per heavy atom. The first-order chi connectivity index (χ1) is 32.2. The topological polar surface area (TPSA) is 162 Å². The van der Waals surface area contributed by atoms with Gasteiger partial charge in [-0.1, -0.05) is 45.4 Å². The molecule has 0 unspecified atom stereocenters. The van der Waals surface area contributed by atoms with Gasteiger partial charge in [0.2, 0.25) is 0 Å². The lowest BCUT2D eigenvalue weighted by Crippen LogP contribution is -2.74. The van der Waals surface area contributed by atoms with E-state index in [1.165, 1.54) is 12.1 Å². The molecule has 0 bridgehead atoms. The van der Waals surface area contributed by atoms with Gasteiger partial charge in [0.25, 0.3) is 11.5 Å². The number of H-pyrrole nitrogens is 1. The van der Waals surface area contributed by atoms with E-state index in [0.29, 0.717) is 39.4 Å². The molecule has 0 radical (unpaired) electrons. The van der Waals surface area contributed by atoms with E-state index >= 15 is 0 Å². The minimum absolute atomic E-state index is 0.108. The summed E-state index contributed by atoms with van der Waals surface area (Å²) in [5.74, 6) is 3.76. The van der Waals surface area contributed by atoms with Crippen molar-refractivity contribution in [3.8, 4) is 34.4 Å². The number of carbonyl (C=O) groups excluding carboxylic acids is 1. The molecule has 3 aliphatic rings. The predicted molar refractivity (Wildman–Crippen MR) is 267 cm³/mol. The monoisotopic (exact) mass is 936 g/mol. The number of rotatable bonds is 12. The van der Waals surface area contributed by atoms with Crippen LogP contribution >= 0.6 is 11.6 Å². The molecule has 354 valence electrons. The molecular weight excluding hydrogens is 876 g/mol. The third-order valence-electron chi connectivity index (χ3n) is 14.7. The normalized spacial score (nSPS) is 19.3. The van der Waals surface area contributed by atoms with Crippen molar-refractivity contribution in [2.24, 2.45) is 29.7 Å². The number of anilines is 2. The van der Waals surface area contributed by atoms with Crippen LogP contribution in [-0.2, 0) is 12.6 Å². The summed E-state index contributed by atoms with van der Waals surface area (Å²) in [6.07, 6.45) is 10.1. The third-order valence-corrected chi connectivity index (χ3v) is 15.1. The Labute approximate surface area is 403 Å². The molecule has 6 aromatic rings. The molecule has 5 heterocycles. The van der Waals surface area contributed by atoms with Crippen LogP contribution in [0.5, 0.6) is 17.2 Å². The highest BCUT2D eigenvalue weighted by atomic mass is 35.5. The van der Waals surface area contributed by atoms with E-state index in [2.05, 4.69) is 84.8 Å². The van der Waals surface area contributed by atoms with Crippen LogP contribution in [0.4, 0.5) is 11.5 Å². The maximum Gasteiger partial charge on any atom is 0.274 e. The van der Waals surface area contributed by atoms with Gasteiger partial charge in [0.1, 0.15) is 46.5 Å². The lowest BCUT2D eigenvalue weighted by molar-refractivity contribution is -0.164. The van der Waals surface area contributed by atoms with Gasteiger partial charge in [0.15, 0.2) is 0 Å². The van der Waals surface area contributed by atoms with Crippen molar-refractivity contribution in [1.82, 2.24) is 24.8 Å². The number of nitrogens with one attached hydrogen (secondary N) is 2. The van der Waals surface area contributed by atoms with Crippen LogP contribution in [0.2, 0.25) is 5.02 Å².